The summed E-state index contributed by atoms with van der Waals surface area (Å²) in [6.07, 6.45) is 1.98. The predicted molar refractivity (Wildman–Crippen MR) is 55.3 cm³/mol. The van der Waals surface area contributed by atoms with Crippen LogP contribution in [-0.4, -0.2) is 10.9 Å². The molecule has 1 aliphatic rings. The van der Waals surface area contributed by atoms with E-state index in [1.54, 1.807) is 6.07 Å². The average molecular weight is 211 g/mol. The predicted octanol–water partition coefficient (Wildman–Crippen LogP) is 2.39. The Bertz CT molecular complexity index is 374. The highest BCUT2D eigenvalue weighted by atomic mass is 35.5. The minimum absolute atomic E-state index is 0.0532. The highest BCUT2D eigenvalue weighted by Crippen LogP contribution is 2.30. The van der Waals surface area contributed by atoms with E-state index >= 15 is 0 Å². The lowest BCUT2D eigenvalue weighted by molar-refractivity contribution is -0.117. The summed E-state index contributed by atoms with van der Waals surface area (Å²) in [5.74, 6) is 0.784. The van der Waals surface area contributed by atoms with Crippen molar-refractivity contribution in [3.8, 4) is 0 Å². The third-order valence-corrected chi connectivity index (χ3v) is 2.62. The van der Waals surface area contributed by atoms with E-state index in [0.29, 0.717) is 11.0 Å². The number of aryl methyl sites for hydroxylation is 1. The van der Waals surface area contributed by atoms with Gasteiger partial charge in [0.05, 0.1) is 0 Å². The summed E-state index contributed by atoms with van der Waals surface area (Å²) >= 11 is 5.83. The molecule has 0 radical (unpaired) electrons. The molecule has 2 rings (SSSR count). The van der Waals surface area contributed by atoms with Crippen LogP contribution in [0, 0.1) is 12.8 Å². The zero-order valence-electron chi connectivity index (χ0n) is 7.88. The van der Waals surface area contributed by atoms with Gasteiger partial charge in [0.25, 0.3) is 0 Å². The standard InChI is InChI=1S/C10H11ClN2O/c1-6-2-5-8(12-9(6)11)13-10(14)7-3-4-7/h2,5,7H,3-4H2,1H3,(H,12,13,14). The SMILES string of the molecule is Cc1ccc(NC(=O)C2CC2)nc1Cl. The van der Waals surface area contributed by atoms with Crippen LogP contribution in [0.1, 0.15) is 18.4 Å². The molecule has 14 heavy (non-hydrogen) atoms. The highest BCUT2D eigenvalue weighted by Gasteiger charge is 2.29. The number of carbonyl (C=O) groups excluding carboxylic acids is 1. The number of halogens is 1. The molecule has 1 aliphatic carbocycles. The molecule has 0 unspecified atom stereocenters. The smallest absolute Gasteiger partial charge is 0.228 e. The van der Waals surface area contributed by atoms with Crippen LogP contribution in [-0.2, 0) is 4.79 Å². The molecule has 1 N–H and O–H groups in total. The number of hydrogen-bond acceptors (Lipinski definition) is 2. The largest absolute Gasteiger partial charge is 0.310 e. The summed E-state index contributed by atoms with van der Waals surface area (Å²) in [6.45, 7) is 1.88. The molecule has 0 aromatic carbocycles. The Morgan fingerprint density at radius 1 is 1.57 bits per heavy atom. The maximum absolute atomic E-state index is 11.4. The Kier molecular flexibility index (Phi) is 2.42. The van der Waals surface area contributed by atoms with Crippen LogP contribution >= 0.6 is 11.6 Å². The first-order valence-corrected chi connectivity index (χ1v) is 4.98. The second-order valence-corrected chi connectivity index (χ2v) is 3.93. The van der Waals surface area contributed by atoms with Gasteiger partial charge < -0.3 is 5.32 Å². The first-order valence-electron chi connectivity index (χ1n) is 4.61. The number of pyridine rings is 1. The molecular weight excluding hydrogens is 200 g/mol. The number of anilines is 1. The van der Waals surface area contributed by atoms with Crippen LogP contribution in [0.15, 0.2) is 12.1 Å². The molecule has 0 bridgehead atoms. The van der Waals surface area contributed by atoms with Gasteiger partial charge in [-0.1, -0.05) is 17.7 Å². The van der Waals surface area contributed by atoms with Crippen LogP contribution in [0.3, 0.4) is 0 Å². The Labute approximate surface area is 87.5 Å². The molecule has 1 heterocycles. The Balaban J connectivity index is 2.08. The van der Waals surface area contributed by atoms with E-state index in [0.717, 1.165) is 18.4 Å². The maximum atomic E-state index is 11.4. The van der Waals surface area contributed by atoms with Crippen LogP contribution in [0.4, 0.5) is 5.82 Å². The number of aromatic nitrogens is 1. The van der Waals surface area contributed by atoms with E-state index in [1.807, 2.05) is 13.0 Å². The van der Waals surface area contributed by atoms with Crippen molar-refractivity contribution in [3.63, 3.8) is 0 Å². The highest BCUT2D eigenvalue weighted by molar-refractivity contribution is 6.30. The molecule has 1 saturated carbocycles. The van der Waals surface area contributed by atoms with Crippen molar-refractivity contribution in [1.82, 2.24) is 4.98 Å². The molecule has 1 aromatic rings. The fourth-order valence-electron chi connectivity index (χ4n) is 1.15. The maximum Gasteiger partial charge on any atom is 0.228 e. The van der Waals surface area contributed by atoms with Gasteiger partial charge >= 0.3 is 0 Å². The summed E-state index contributed by atoms with van der Waals surface area (Å²) in [7, 11) is 0. The molecule has 0 spiro atoms. The zero-order chi connectivity index (χ0) is 10.1. The monoisotopic (exact) mass is 210 g/mol. The van der Waals surface area contributed by atoms with Crippen LogP contribution < -0.4 is 5.32 Å². The summed E-state index contributed by atoms with van der Waals surface area (Å²) in [6, 6.07) is 3.61. The quantitative estimate of drug-likeness (QED) is 0.762. The molecule has 0 saturated heterocycles. The van der Waals surface area contributed by atoms with Crippen molar-refractivity contribution in [2.24, 2.45) is 5.92 Å². The fraction of sp³-hybridized carbons (Fsp3) is 0.400. The Hall–Kier alpha value is -1.09. The van der Waals surface area contributed by atoms with Crippen molar-refractivity contribution < 1.29 is 4.79 Å². The van der Waals surface area contributed by atoms with Gasteiger partial charge in [-0.05, 0) is 31.4 Å². The van der Waals surface area contributed by atoms with Crippen LogP contribution in [0.5, 0.6) is 0 Å². The van der Waals surface area contributed by atoms with E-state index in [4.69, 9.17) is 11.6 Å². The van der Waals surface area contributed by atoms with Crippen LogP contribution in [0.2, 0.25) is 5.15 Å². The number of nitrogens with zero attached hydrogens (tertiary/aromatic N) is 1. The second-order valence-electron chi connectivity index (χ2n) is 3.57. The number of amides is 1. The summed E-state index contributed by atoms with van der Waals surface area (Å²) < 4.78 is 0. The number of nitrogens with one attached hydrogen (secondary N) is 1. The summed E-state index contributed by atoms with van der Waals surface area (Å²) in [5.41, 5.74) is 0.913. The molecule has 74 valence electrons. The molecule has 1 fully saturated rings. The zero-order valence-corrected chi connectivity index (χ0v) is 8.64. The van der Waals surface area contributed by atoms with Crippen molar-refractivity contribution >= 4 is 23.3 Å². The topological polar surface area (TPSA) is 42.0 Å². The lowest BCUT2D eigenvalue weighted by Gasteiger charge is -2.04. The van der Waals surface area contributed by atoms with Gasteiger partial charge in [0.15, 0.2) is 0 Å². The Morgan fingerprint density at radius 2 is 2.29 bits per heavy atom. The lowest BCUT2D eigenvalue weighted by Crippen LogP contribution is -2.14. The summed E-state index contributed by atoms with van der Waals surface area (Å²) in [4.78, 5) is 15.4. The minimum Gasteiger partial charge on any atom is -0.310 e. The molecule has 1 aromatic heterocycles. The molecule has 3 nitrogen and oxygen atoms in total. The summed E-state index contributed by atoms with van der Waals surface area (Å²) in [5, 5.41) is 3.18. The van der Waals surface area contributed by atoms with Crippen LogP contribution in [0.25, 0.3) is 0 Å². The van der Waals surface area contributed by atoms with E-state index in [9.17, 15) is 4.79 Å². The number of carbonyl (C=O) groups is 1. The average Bonchev–Trinajstić information content (AvgIpc) is 2.94. The normalized spacial score (nSPS) is 15.3. The lowest BCUT2D eigenvalue weighted by atomic mass is 10.3. The van der Waals surface area contributed by atoms with E-state index in [2.05, 4.69) is 10.3 Å². The van der Waals surface area contributed by atoms with Crippen molar-refractivity contribution in [2.75, 3.05) is 5.32 Å². The fourth-order valence-corrected chi connectivity index (χ4v) is 1.30. The van der Waals surface area contributed by atoms with Crippen molar-refractivity contribution in [3.05, 3.63) is 22.8 Å². The van der Waals surface area contributed by atoms with E-state index in [-0.39, 0.29) is 11.8 Å². The van der Waals surface area contributed by atoms with Gasteiger partial charge in [0.1, 0.15) is 11.0 Å². The first-order chi connectivity index (χ1) is 6.66. The minimum atomic E-state index is 0.0532. The third-order valence-electron chi connectivity index (χ3n) is 2.23. The van der Waals surface area contributed by atoms with Gasteiger partial charge in [-0.3, -0.25) is 4.79 Å². The van der Waals surface area contributed by atoms with E-state index < -0.39 is 0 Å². The van der Waals surface area contributed by atoms with Crippen molar-refractivity contribution in [1.29, 1.82) is 0 Å². The molecule has 0 aliphatic heterocycles. The third kappa shape index (κ3) is 2.04. The number of rotatable bonds is 2. The molecule has 1 amide bonds. The molecular formula is C10H11ClN2O. The number of hydrogen-bond donors (Lipinski definition) is 1. The van der Waals surface area contributed by atoms with Crippen molar-refractivity contribution in [2.45, 2.75) is 19.8 Å². The van der Waals surface area contributed by atoms with Gasteiger partial charge in [-0.2, -0.15) is 0 Å². The molecule has 0 atom stereocenters. The van der Waals surface area contributed by atoms with E-state index in [1.165, 1.54) is 0 Å². The van der Waals surface area contributed by atoms with Gasteiger partial charge in [0.2, 0.25) is 5.91 Å². The van der Waals surface area contributed by atoms with Gasteiger partial charge in [-0.25, -0.2) is 4.98 Å². The first kappa shape index (κ1) is 9.46. The second kappa shape index (κ2) is 3.58. The Morgan fingerprint density at radius 3 is 2.86 bits per heavy atom. The van der Waals surface area contributed by atoms with Gasteiger partial charge in [-0.15, -0.1) is 0 Å². The van der Waals surface area contributed by atoms with Gasteiger partial charge in [0, 0.05) is 5.92 Å². The molecule has 4 heteroatoms.